The summed E-state index contributed by atoms with van der Waals surface area (Å²) in [4.78, 5) is 11.1. The number of carbonyl (C=O) groups is 1. The topological polar surface area (TPSA) is 57.5 Å². The minimum Gasteiger partial charge on any atom is -0.481 e. The second kappa shape index (κ2) is 5.85. The van der Waals surface area contributed by atoms with Gasteiger partial charge in [0, 0.05) is 15.1 Å². The lowest BCUT2D eigenvalue weighted by Crippen LogP contribution is -2.27. The molecule has 0 heterocycles. The average molecular weight is 322 g/mol. The van der Waals surface area contributed by atoms with Gasteiger partial charge < -0.3 is 10.2 Å². The first-order valence-corrected chi connectivity index (χ1v) is 6.37. The van der Waals surface area contributed by atoms with Crippen LogP contribution >= 0.6 is 27.5 Å². The van der Waals surface area contributed by atoms with Gasteiger partial charge in [0.05, 0.1) is 12.0 Å². The zero-order valence-corrected chi connectivity index (χ0v) is 11.9. The van der Waals surface area contributed by atoms with Crippen molar-refractivity contribution in [3.8, 4) is 0 Å². The fourth-order valence-corrected chi connectivity index (χ4v) is 2.50. The SMILES string of the molecule is CC(C)C(C(=O)O)C(O)c1ccc(Br)cc1Cl. The molecule has 2 atom stereocenters. The molecule has 17 heavy (non-hydrogen) atoms. The van der Waals surface area contributed by atoms with Crippen LogP contribution in [0.3, 0.4) is 0 Å². The fraction of sp³-hybridized carbons (Fsp3) is 0.417. The molecule has 2 unspecified atom stereocenters. The lowest BCUT2D eigenvalue weighted by Gasteiger charge is -2.23. The maximum Gasteiger partial charge on any atom is 0.309 e. The molecule has 0 aliphatic carbocycles. The van der Waals surface area contributed by atoms with Gasteiger partial charge in [0.15, 0.2) is 0 Å². The van der Waals surface area contributed by atoms with Gasteiger partial charge >= 0.3 is 5.97 Å². The summed E-state index contributed by atoms with van der Waals surface area (Å²) in [6.07, 6.45) is -1.10. The highest BCUT2D eigenvalue weighted by molar-refractivity contribution is 9.10. The number of carboxylic acid groups (broad SMARTS) is 1. The van der Waals surface area contributed by atoms with Crippen molar-refractivity contribution in [1.82, 2.24) is 0 Å². The molecule has 0 aromatic heterocycles. The number of hydrogen-bond donors (Lipinski definition) is 2. The summed E-state index contributed by atoms with van der Waals surface area (Å²) in [6, 6.07) is 5.00. The van der Waals surface area contributed by atoms with Gasteiger partial charge in [-0.05, 0) is 18.1 Å². The van der Waals surface area contributed by atoms with E-state index in [0.29, 0.717) is 10.6 Å². The van der Waals surface area contributed by atoms with Crippen LogP contribution in [0.2, 0.25) is 5.02 Å². The quantitative estimate of drug-likeness (QED) is 0.892. The zero-order valence-electron chi connectivity index (χ0n) is 9.52. The Balaban J connectivity index is 3.09. The molecule has 1 aromatic rings. The molecule has 0 fully saturated rings. The van der Waals surface area contributed by atoms with Gasteiger partial charge in [0.2, 0.25) is 0 Å². The average Bonchev–Trinajstić information content (AvgIpc) is 2.15. The highest BCUT2D eigenvalue weighted by Gasteiger charge is 2.31. The van der Waals surface area contributed by atoms with Crippen LogP contribution in [-0.4, -0.2) is 16.2 Å². The van der Waals surface area contributed by atoms with Gasteiger partial charge in [0.25, 0.3) is 0 Å². The van der Waals surface area contributed by atoms with Crippen LogP contribution in [-0.2, 0) is 4.79 Å². The largest absolute Gasteiger partial charge is 0.481 e. The lowest BCUT2D eigenvalue weighted by molar-refractivity contribution is -0.148. The predicted octanol–water partition coefficient (Wildman–Crippen LogP) is 3.49. The minimum atomic E-state index is -1.10. The third-order valence-corrected chi connectivity index (χ3v) is 3.45. The molecule has 1 rings (SSSR count). The molecule has 0 aliphatic rings. The van der Waals surface area contributed by atoms with Gasteiger partial charge in [-0.15, -0.1) is 0 Å². The van der Waals surface area contributed by atoms with Crippen LogP contribution in [0.1, 0.15) is 25.5 Å². The van der Waals surface area contributed by atoms with Gasteiger partial charge in [-0.3, -0.25) is 4.79 Å². The van der Waals surface area contributed by atoms with Crippen molar-refractivity contribution in [3.63, 3.8) is 0 Å². The first-order valence-electron chi connectivity index (χ1n) is 5.20. The molecular formula is C12H14BrClO3. The van der Waals surface area contributed by atoms with Crippen molar-refractivity contribution < 1.29 is 15.0 Å². The fourth-order valence-electron chi connectivity index (χ4n) is 1.72. The Morgan fingerprint density at radius 3 is 2.41 bits per heavy atom. The van der Waals surface area contributed by atoms with E-state index in [1.54, 1.807) is 32.0 Å². The van der Waals surface area contributed by atoms with E-state index < -0.39 is 18.0 Å². The minimum absolute atomic E-state index is 0.179. The summed E-state index contributed by atoms with van der Waals surface area (Å²) in [5, 5.41) is 19.6. The second-order valence-electron chi connectivity index (χ2n) is 4.22. The molecule has 0 saturated heterocycles. The maximum absolute atomic E-state index is 11.1. The van der Waals surface area contributed by atoms with Crippen molar-refractivity contribution >= 4 is 33.5 Å². The standard InChI is InChI=1S/C12H14BrClO3/c1-6(2)10(12(16)17)11(15)8-4-3-7(13)5-9(8)14/h3-6,10-11,15H,1-2H3,(H,16,17). The van der Waals surface area contributed by atoms with Crippen molar-refractivity contribution in [3.05, 3.63) is 33.3 Å². The Bertz CT molecular complexity index is 420. The molecule has 0 radical (unpaired) electrons. The summed E-state index contributed by atoms with van der Waals surface area (Å²) >= 11 is 9.25. The molecule has 94 valence electrons. The smallest absolute Gasteiger partial charge is 0.309 e. The molecule has 5 heteroatoms. The van der Waals surface area contributed by atoms with E-state index in [9.17, 15) is 9.90 Å². The third-order valence-electron chi connectivity index (χ3n) is 2.62. The molecule has 3 nitrogen and oxygen atoms in total. The Kier molecular flexibility index (Phi) is 4.98. The number of rotatable bonds is 4. The van der Waals surface area contributed by atoms with E-state index in [4.69, 9.17) is 16.7 Å². The number of halogens is 2. The van der Waals surface area contributed by atoms with Gasteiger partial charge in [-0.2, -0.15) is 0 Å². The highest BCUT2D eigenvalue weighted by Crippen LogP contribution is 2.33. The molecule has 0 aliphatic heterocycles. The number of carboxylic acids is 1. The zero-order chi connectivity index (χ0) is 13.2. The first kappa shape index (κ1) is 14.5. The van der Waals surface area contributed by atoms with Crippen molar-refractivity contribution in [2.45, 2.75) is 20.0 Å². The number of benzene rings is 1. The van der Waals surface area contributed by atoms with Crippen LogP contribution in [0, 0.1) is 11.8 Å². The van der Waals surface area contributed by atoms with Crippen LogP contribution in [0.25, 0.3) is 0 Å². The normalized spacial score (nSPS) is 14.7. The number of hydrogen-bond acceptors (Lipinski definition) is 2. The number of aliphatic hydroxyl groups is 1. The van der Waals surface area contributed by atoms with Crippen molar-refractivity contribution in [1.29, 1.82) is 0 Å². The third kappa shape index (κ3) is 3.44. The molecule has 1 aromatic carbocycles. The first-order chi connectivity index (χ1) is 7.84. The van der Waals surface area contributed by atoms with Gasteiger partial charge in [-0.25, -0.2) is 0 Å². The van der Waals surface area contributed by atoms with E-state index >= 15 is 0 Å². The van der Waals surface area contributed by atoms with E-state index in [1.807, 2.05) is 0 Å². The van der Waals surface area contributed by atoms with E-state index in [-0.39, 0.29) is 5.92 Å². The summed E-state index contributed by atoms with van der Waals surface area (Å²) in [6.45, 7) is 3.52. The Morgan fingerprint density at radius 1 is 1.41 bits per heavy atom. The number of aliphatic hydroxyl groups excluding tert-OH is 1. The van der Waals surface area contributed by atoms with Gasteiger partial charge in [-0.1, -0.05) is 47.4 Å². The van der Waals surface area contributed by atoms with Crippen LogP contribution < -0.4 is 0 Å². The van der Waals surface area contributed by atoms with Crippen LogP contribution in [0.15, 0.2) is 22.7 Å². The summed E-state index contributed by atoms with van der Waals surface area (Å²) < 4.78 is 0.787. The number of aliphatic carboxylic acids is 1. The second-order valence-corrected chi connectivity index (χ2v) is 5.54. The molecule has 0 amide bonds. The maximum atomic E-state index is 11.1. The predicted molar refractivity (Wildman–Crippen MR) is 70.1 cm³/mol. The van der Waals surface area contributed by atoms with E-state index in [2.05, 4.69) is 15.9 Å². The van der Waals surface area contributed by atoms with Crippen LogP contribution in [0.5, 0.6) is 0 Å². The highest BCUT2D eigenvalue weighted by atomic mass is 79.9. The Morgan fingerprint density at radius 2 is 2.00 bits per heavy atom. The lowest BCUT2D eigenvalue weighted by atomic mass is 9.86. The molecule has 0 bridgehead atoms. The Hall–Kier alpha value is -0.580. The van der Waals surface area contributed by atoms with Crippen LogP contribution in [0.4, 0.5) is 0 Å². The van der Waals surface area contributed by atoms with E-state index in [0.717, 1.165) is 4.47 Å². The Labute approximate surface area is 114 Å². The van der Waals surface area contributed by atoms with Crippen molar-refractivity contribution in [2.75, 3.05) is 0 Å². The molecule has 0 saturated carbocycles. The van der Waals surface area contributed by atoms with Crippen molar-refractivity contribution in [2.24, 2.45) is 11.8 Å². The summed E-state index contributed by atoms with van der Waals surface area (Å²) in [7, 11) is 0. The monoisotopic (exact) mass is 320 g/mol. The molecular weight excluding hydrogens is 307 g/mol. The summed E-state index contributed by atoms with van der Waals surface area (Å²) in [5.41, 5.74) is 0.441. The molecule has 2 N–H and O–H groups in total. The van der Waals surface area contributed by atoms with Gasteiger partial charge in [0.1, 0.15) is 0 Å². The summed E-state index contributed by atoms with van der Waals surface area (Å²) in [5.74, 6) is -2.07. The van der Waals surface area contributed by atoms with E-state index in [1.165, 1.54) is 0 Å². The molecule has 0 spiro atoms.